The molecule has 150 valence electrons. The molecule has 0 aliphatic heterocycles. The molecule has 29 heavy (non-hydrogen) atoms. The molecule has 0 amide bonds. The molecule has 4 rings (SSSR count). The van der Waals surface area contributed by atoms with Crippen molar-refractivity contribution in [1.82, 2.24) is 9.55 Å². The summed E-state index contributed by atoms with van der Waals surface area (Å²) in [6, 6.07) is 7.71. The highest BCUT2D eigenvalue weighted by Crippen LogP contribution is 2.34. The zero-order chi connectivity index (χ0) is 20.5. The van der Waals surface area contributed by atoms with E-state index in [9.17, 15) is 14.4 Å². The number of esters is 1. The van der Waals surface area contributed by atoms with Crippen molar-refractivity contribution in [3.05, 3.63) is 62.5 Å². The van der Waals surface area contributed by atoms with E-state index in [0.29, 0.717) is 16.8 Å². The SMILES string of the molecule is COC(=O)CC(C(=O)c1ccccc1)n1c(C)nc2sc3c(c2c1=O)CCCC3. The van der Waals surface area contributed by atoms with Crippen LogP contribution in [0, 0.1) is 6.92 Å². The Bertz CT molecular complexity index is 1150. The molecule has 1 aliphatic rings. The number of nitrogens with zero attached hydrogens (tertiary/aromatic N) is 2. The van der Waals surface area contributed by atoms with Crippen LogP contribution >= 0.6 is 11.3 Å². The van der Waals surface area contributed by atoms with Crippen LogP contribution in [-0.2, 0) is 22.4 Å². The Morgan fingerprint density at radius 3 is 2.66 bits per heavy atom. The minimum absolute atomic E-state index is 0.218. The Kier molecular flexibility index (Phi) is 5.32. The number of Topliss-reactive ketones (excluding diaryl/α,β-unsaturated/α-hetero) is 1. The molecule has 1 aliphatic carbocycles. The van der Waals surface area contributed by atoms with Crippen molar-refractivity contribution in [3.63, 3.8) is 0 Å². The van der Waals surface area contributed by atoms with Gasteiger partial charge in [0.1, 0.15) is 16.7 Å². The first-order valence-corrected chi connectivity index (χ1v) is 10.5. The Balaban J connectivity index is 1.91. The summed E-state index contributed by atoms with van der Waals surface area (Å²) in [5.74, 6) is -0.413. The van der Waals surface area contributed by atoms with Gasteiger partial charge >= 0.3 is 5.97 Å². The van der Waals surface area contributed by atoms with Gasteiger partial charge in [-0.15, -0.1) is 11.3 Å². The number of hydrogen-bond acceptors (Lipinski definition) is 6. The van der Waals surface area contributed by atoms with E-state index in [1.165, 1.54) is 16.6 Å². The normalized spacial score (nSPS) is 14.4. The van der Waals surface area contributed by atoms with Crippen molar-refractivity contribution >= 4 is 33.3 Å². The highest BCUT2D eigenvalue weighted by atomic mass is 32.1. The zero-order valence-corrected chi connectivity index (χ0v) is 17.3. The highest BCUT2D eigenvalue weighted by molar-refractivity contribution is 7.18. The van der Waals surface area contributed by atoms with E-state index in [2.05, 4.69) is 4.98 Å². The fraction of sp³-hybridized carbons (Fsp3) is 0.364. The molecular formula is C22H22N2O4S. The summed E-state index contributed by atoms with van der Waals surface area (Å²) in [4.78, 5) is 45.5. The number of carbonyl (C=O) groups excluding carboxylic acids is 2. The molecule has 7 heteroatoms. The van der Waals surface area contributed by atoms with Gasteiger partial charge < -0.3 is 4.74 Å². The van der Waals surface area contributed by atoms with Gasteiger partial charge in [-0.2, -0.15) is 0 Å². The topological polar surface area (TPSA) is 78.3 Å². The van der Waals surface area contributed by atoms with Crippen molar-refractivity contribution in [2.24, 2.45) is 0 Å². The number of methoxy groups -OCH3 is 1. The van der Waals surface area contributed by atoms with E-state index in [4.69, 9.17) is 4.74 Å². The average molecular weight is 410 g/mol. The molecule has 3 aromatic rings. The van der Waals surface area contributed by atoms with E-state index in [0.717, 1.165) is 36.1 Å². The molecule has 2 heterocycles. The second kappa shape index (κ2) is 7.91. The summed E-state index contributed by atoms with van der Waals surface area (Å²) >= 11 is 1.57. The van der Waals surface area contributed by atoms with Crippen LogP contribution in [0.1, 0.15) is 51.9 Å². The van der Waals surface area contributed by atoms with Crippen molar-refractivity contribution < 1.29 is 14.3 Å². The van der Waals surface area contributed by atoms with Gasteiger partial charge in [-0.05, 0) is 38.2 Å². The maximum absolute atomic E-state index is 13.6. The minimum Gasteiger partial charge on any atom is -0.469 e. The lowest BCUT2D eigenvalue weighted by molar-refractivity contribution is -0.141. The van der Waals surface area contributed by atoms with Crippen LogP contribution in [0.4, 0.5) is 0 Å². The number of ether oxygens (including phenoxy) is 1. The summed E-state index contributed by atoms with van der Waals surface area (Å²) < 4.78 is 6.19. The lowest BCUT2D eigenvalue weighted by Crippen LogP contribution is -2.34. The number of ketones is 1. The number of hydrogen-bond donors (Lipinski definition) is 0. The van der Waals surface area contributed by atoms with E-state index < -0.39 is 12.0 Å². The van der Waals surface area contributed by atoms with Gasteiger partial charge in [0.2, 0.25) is 0 Å². The predicted molar refractivity (Wildman–Crippen MR) is 112 cm³/mol. The number of thiophene rings is 1. The molecule has 0 saturated heterocycles. The summed E-state index contributed by atoms with van der Waals surface area (Å²) in [6.07, 6.45) is 3.75. The van der Waals surface area contributed by atoms with Crippen LogP contribution in [0.2, 0.25) is 0 Å². The third kappa shape index (κ3) is 3.51. The largest absolute Gasteiger partial charge is 0.469 e. The van der Waals surface area contributed by atoms with Crippen LogP contribution in [0.15, 0.2) is 35.1 Å². The molecule has 0 spiro atoms. The van der Waals surface area contributed by atoms with Crippen molar-refractivity contribution in [1.29, 1.82) is 0 Å². The van der Waals surface area contributed by atoms with Crippen LogP contribution in [0.5, 0.6) is 0 Å². The third-order valence-electron chi connectivity index (χ3n) is 5.46. The third-order valence-corrected chi connectivity index (χ3v) is 6.64. The van der Waals surface area contributed by atoms with Crippen LogP contribution < -0.4 is 5.56 Å². The van der Waals surface area contributed by atoms with E-state index in [-0.39, 0.29) is 17.8 Å². The summed E-state index contributed by atoms with van der Waals surface area (Å²) in [6.45, 7) is 1.71. The van der Waals surface area contributed by atoms with E-state index in [1.54, 1.807) is 42.5 Å². The van der Waals surface area contributed by atoms with Crippen molar-refractivity contribution in [2.75, 3.05) is 7.11 Å². The number of rotatable bonds is 5. The number of benzene rings is 1. The number of carbonyl (C=O) groups is 2. The Morgan fingerprint density at radius 2 is 1.93 bits per heavy atom. The minimum atomic E-state index is -0.992. The van der Waals surface area contributed by atoms with Gasteiger partial charge in [0.05, 0.1) is 18.9 Å². The number of aromatic nitrogens is 2. The first kappa shape index (κ1) is 19.5. The molecule has 1 unspecified atom stereocenters. The molecule has 0 fully saturated rings. The predicted octanol–water partition coefficient (Wildman–Crippen LogP) is 3.63. The zero-order valence-electron chi connectivity index (χ0n) is 16.4. The van der Waals surface area contributed by atoms with Crippen molar-refractivity contribution in [2.45, 2.75) is 45.1 Å². The molecule has 1 aromatic carbocycles. The second-order valence-corrected chi connectivity index (χ2v) is 8.34. The summed E-state index contributed by atoms with van der Waals surface area (Å²) in [5, 5.41) is 0.603. The highest BCUT2D eigenvalue weighted by Gasteiger charge is 2.30. The van der Waals surface area contributed by atoms with Gasteiger partial charge in [0.25, 0.3) is 5.56 Å². The molecular weight excluding hydrogens is 388 g/mol. The smallest absolute Gasteiger partial charge is 0.308 e. The first-order chi connectivity index (χ1) is 14.0. The molecule has 0 N–H and O–H groups in total. The molecule has 2 aromatic heterocycles. The molecule has 0 radical (unpaired) electrons. The van der Waals surface area contributed by atoms with Gasteiger partial charge in [0, 0.05) is 10.4 Å². The second-order valence-electron chi connectivity index (χ2n) is 7.25. The van der Waals surface area contributed by atoms with Crippen LogP contribution in [-0.4, -0.2) is 28.4 Å². The van der Waals surface area contributed by atoms with E-state index >= 15 is 0 Å². The summed E-state index contributed by atoms with van der Waals surface area (Å²) in [5.41, 5.74) is 1.26. The average Bonchev–Trinajstić information content (AvgIpc) is 3.11. The number of aryl methyl sites for hydroxylation is 3. The molecule has 1 atom stereocenters. The molecule has 6 nitrogen and oxygen atoms in total. The summed E-state index contributed by atoms with van der Waals surface area (Å²) in [7, 11) is 1.28. The van der Waals surface area contributed by atoms with Gasteiger partial charge in [0.15, 0.2) is 5.78 Å². The Morgan fingerprint density at radius 1 is 1.21 bits per heavy atom. The Hall–Kier alpha value is -2.80. The fourth-order valence-electron chi connectivity index (χ4n) is 4.02. The fourth-order valence-corrected chi connectivity index (χ4v) is 5.32. The lowest BCUT2D eigenvalue weighted by atomic mass is 9.97. The maximum Gasteiger partial charge on any atom is 0.308 e. The van der Waals surface area contributed by atoms with Crippen molar-refractivity contribution in [3.8, 4) is 0 Å². The van der Waals surface area contributed by atoms with Crippen LogP contribution in [0.3, 0.4) is 0 Å². The Labute approximate surface area is 172 Å². The van der Waals surface area contributed by atoms with E-state index in [1.807, 2.05) is 6.07 Å². The maximum atomic E-state index is 13.6. The standard InChI is InChI=1S/C22H22N2O4S/c1-13-23-21-19(15-10-6-7-11-17(15)29-21)22(27)24(13)16(12-18(25)28-2)20(26)14-8-4-3-5-9-14/h3-5,8-9,16H,6-7,10-12H2,1-2H3. The van der Waals surface area contributed by atoms with Gasteiger partial charge in [-0.3, -0.25) is 19.0 Å². The van der Waals surface area contributed by atoms with Crippen LogP contribution in [0.25, 0.3) is 10.2 Å². The monoisotopic (exact) mass is 410 g/mol. The lowest BCUT2D eigenvalue weighted by Gasteiger charge is -2.20. The van der Waals surface area contributed by atoms with Gasteiger partial charge in [-0.1, -0.05) is 30.3 Å². The molecule has 0 saturated carbocycles. The molecule has 0 bridgehead atoms. The first-order valence-electron chi connectivity index (χ1n) is 9.70. The number of fused-ring (bicyclic) bond motifs is 3. The van der Waals surface area contributed by atoms with Gasteiger partial charge in [-0.25, -0.2) is 4.98 Å². The quantitative estimate of drug-likeness (QED) is 0.474.